The third kappa shape index (κ3) is 4.41. The predicted molar refractivity (Wildman–Crippen MR) is 86.0 cm³/mol. The second-order valence-corrected chi connectivity index (χ2v) is 5.57. The van der Waals surface area contributed by atoms with E-state index in [1.165, 1.54) is 0 Å². The largest absolute Gasteiger partial charge is 0.478 e. The molecule has 116 valence electrons. The molecule has 1 unspecified atom stereocenters. The van der Waals surface area contributed by atoms with Gasteiger partial charge in [-0.3, -0.25) is 0 Å². The van der Waals surface area contributed by atoms with Gasteiger partial charge < -0.3 is 15.5 Å². The number of aliphatic hydroxyl groups is 1. The zero-order valence-electron chi connectivity index (χ0n) is 12.8. The molecule has 0 spiro atoms. The molecule has 0 bridgehead atoms. The van der Waals surface area contributed by atoms with E-state index >= 15 is 0 Å². The van der Waals surface area contributed by atoms with E-state index in [-0.39, 0.29) is 5.56 Å². The number of hydrogen-bond donors (Lipinski definition) is 3. The highest BCUT2D eigenvalue weighted by molar-refractivity contribution is 5.87. The van der Waals surface area contributed by atoms with Crippen LogP contribution in [0.5, 0.6) is 0 Å². The zero-order chi connectivity index (χ0) is 16.1. The average molecular weight is 299 g/mol. The van der Waals surface area contributed by atoms with Crippen LogP contribution >= 0.6 is 0 Å². The molecular weight excluding hydrogens is 278 g/mol. The predicted octanol–water partition coefficient (Wildman–Crippen LogP) is 2.82. The molecule has 0 aliphatic rings. The molecule has 2 aromatic carbocycles. The summed E-state index contributed by atoms with van der Waals surface area (Å²) < 4.78 is 0. The molecule has 0 amide bonds. The van der Waals surface area contributed by atoms with Crippen LogP contribution in [-0.2, 0) is 6.54 Å². The van der Waals surface area contributed by atoms with Crippen LogP contribution in [0.1, 0.15) is 38.7 Å². The first-order valence-corrected chi connectivity index (χ1v) is 7.25. The van der Waals surface area contributed by atoms with Gasteiger partial charge in [-0.05, 0) is 37.1 Å². The molecule has 22 heavy (non-hydrogen) atoms. The number of aliphatic hydroxyl groups excluding tert-OH is 1. The molecule has 0 fully saturated rings. The second kappa shape index (κ2) is 7.20. The smallest absolute Gasteiger partial charge is 0.335 e. The van der Waals surface area contributed by atoms with Gasteiger partial charge in [0.2, 0.25) is 0 Å². The number of rotatable bonds is 6. The highest BCUT2D eigenvalue weighted by atomic mass is 16.4. The summed E-state index contributed by atoms with van der Waals surface area (Å²) in [5.41, 5.74) is 4.30. The third-order valence-electron chi connectivity index (χ3n) is 3.47. The molecule has 0 aliphatic carbocycles. The lowest BCUT2D eigenvalue weighted by Crippen LogP contribution is -2.21. The molecule has 4 heteroatoms. The lowest BCUT2D eigenvalue weighted by molar-refractivity contribution is 0.0696. The Labute approximate surface area is 130 Å². The molecule has 0 aromatic heterocycles. The minimum atomic E-state index is -0.933. The van der Waals surface area contributed by atoms with Crippen molar-refractivity contribution < 1.29 is 15.0 Å². The molecule has 3 N–H and O–H groups in total. The van der Waals surface area contributed by atoms with Crippen LogP contribution in [0.15, 0.2) is 42.5 Å². The molecular formula is C18H21NO3. The van der Waals surface area contributed by atoms with Gasteiger partial charge in [0.05, 0.1) is 11.7 Å². The number of aryl methyl sites for hydroxylation is 2. The maximum atomic E-state index is 10.9. The minimum absolute atomic E-state index is 0.272. The fraction of sp³-hybridized carbons (Fsp3) is 0.278. The number of carboxylic acid groups (broad SMARTS) is 1. The first-order chi connectivity index (χ1) is 10.5. The van der Waals surface area contributed by atoms with Crippen molar-refractivity contribution in [2.24, 2.45) is 0 Å². The lowest BCUT2D eigenvalue weighted by Gasteiger charge is -2.14. The van der Waals surface area contributed by atoms with Gasteiger partial charge in [-0.2, -0.15) is 0 Å². The quantitative estimate of drug-likeness (QED) is 0.767. The number of benzene rings is 2. The lowest BCUT2D eigenvalue weighted by atomic mass is 10.0. The van der Waals surface area contributed by atoms with Crippen LogP contribution in [0.4, 0.5) is 0 Å². The fourth-order valence-electron chi connectivity index (χ4n) is 2.49. The van der Waals surface area contributed by atoms with Crippen LogP contribution in [0.25, 0.3) is 0 Å². The van der Waals surface area contributed by atoms with Crippen LogP contribution in [-0.4, -0.2) is 22.7 Å². The Hall–Kier alpha value is -2.17. The summed E-state index contributed by atoms with van der Waals surface area (Å²) in [5, 5.41) is 22.4. The summed E-state index contributed by atoms with van der Waals surface area (Å²) in [6.07, 6.45) is -0.582. The number of carboxylic acids is 1. The van der Waals surface area contributed by atoms with Gasteiger partial charge in [0.15, 0.2) is 0 Å². The summed E-state index contributed by atoms with van der Waals surface area (Å²) in [6, 6.07) is 12.8. The Morgan fingerprint density at radius 1 is 1.14 bits per heavy atom. The van der Waals surface area contributed by atoms with E-state index in [0.717, 1.165) is 22.3 Å². The Bertz CT molecular complexity index is 647. The highest BCUT2D eigenvalue weighted by Crippen LogP contribution is 2.16. The SMILES string of the molecule is Cc1cc(C)cc(C(O)CNCc2cccc(C(=O)O)c2)c1. The number of hydrogen-bond acceptors (Lipinski definition) is 3. The molecule has 4 nitrogen and oxygen atoms in total. The van der Waals surface area contributed by atoms with Crippen LogP contribution in [0.3, 0.4) is 0 Å². The van der Waals surface area contributed by atoms with Gasteiger partial charge in [-0.25, -0.2) is 4.79 Å². The molecule has 0 saturated heterocycles. The van der Waals surface area contributed by atoms with Crippen molar-refractivity contribution in [3.05, 3.63) is 70.3 Å². The van der Waals surface area contributed by atoms with Crippen LogP contribution in [0, 0.1) is 13.8 Å². The van der Waals surface area contributed by atoms with E-state index in [0.29, 0.717) is 13.1 Å². The Kier molecular flexibility index (Phi) is 5.31. The van der Waals surface area contributed by atoms with Gasteiger partial charge in [-0.15, -0.1) is 0 Å². The van der Waals surface area contributed by atoms with Crippen molar-refractivity contribution in [2.45, 2.75) is 26.5 Å². The van der Waals surface area contributed by atoms with Gasteiger partial charge >= 0.3 is 5.97 Å². The second-order valence-electron chi connectivity index (χ2n) is 5.57. The summed E-state index contributed by atoms with van der Waals surface area (Å²) >= 11 is 0. The summed E-state index contributed by atoms with van der Waals surface area (Å²) in [7, 11) is 0. The molecule has 1 atom stereocenters. The Morgan fingerprint density at radius 2 is 1.82 bits per heavy atom. The molecule has 0 saturated carbocycles. The molecule has 0 radical (unpaired) electrons. The Balaban J connectivity index is 1.93. The van der Waals surface area contributed by atoms with E-state index in [1.807, 2.05) is 32.0 Å². The van der Waals surface area contributed by atoms with Crippen molar-refractivity contribution in [3.8, 4) is 0 Å². The maximum absolute atomic E-state index is 10.9. The van der Waals surface area contributed by atoms with Crippen LogP contribution < -0.4 is 5.32 Å². The van der Waals surface area contributed by atoms with Crippen molar-refractivity contribution in [3.63, 3.8) is 0 Å². The van der Waals surface area contributed by atoms with Gasteiger partial charge in [0.25, 0.3) is 0 Å². The topological polar surface area (TPSA) is 69.6 Å². The maximum Gasteiger partial charge on any atom is 0.335 e. The number of aromatic carboxylic acids is 1. The number of nitrogens with one attached hydrogen (secondary N) is 1. The summed E-state index contributed by atoms with van der Waals surface area (Å²) in [5.74, 6) is -0.933. The van der Waals surface area contributed by atoms with Crippen molar-refractivity contribution in [1.82, 2.24) is 5.32 Å². The fourth-order valence-corrected chi connectivity index (χ4v) is 2.49. The zero-order valence-corrected chi connectivity index (χ0v) is 12.8. The van der Waals surface area contributed by atoms with Crippen molar-refractivity contribution in [2.75, 3.05) is 6.54 Å². The van der Waals surface area contributed by atoms with E-state index in [1.54, 1.807) is 18.2 Å². The van der Waals surface area contributed by atoms with E-state index < -0.39 is 12.1 Å². The average Bonchev–Trinajstić information content (AvgIpc) is 2.46. The highest BCUT2D eigenvalue weighted by Gasteiger charge is 2.08. The first-order valence-electron chi connectivity index (χ1n) is 7.25. The van der Waals surface area contributed by atoms with E-state index in [4.69, 9.17) is 5.11 Å². The van der Waals surface area contributed by atoms with Crippen molar-refractivity contribution in [1.29, 1.82) is 0 Å². The van der Waals surface area contributed by atoms with Gasteiger partial charge in [0, 0.05) is 13.1 Å². The molecule has 0 aliphatic heterocycles. The summed E-state index contributed by atoms with van der Waals surface area (Å²) in [6.45, 7) is 4.95. The molecule has 2 rings (SSSR count). The van der Waals surface area contributed by atoms with Gasteiger partial charge in [0.1, 0.15) is 0 Å². The monoisotopic (exact) mass is 299 g/mol. The molecule has 2 aromatic rings. The first kappa shape index (κ1) is 16.2. The standard InChI is InChI=1S/C18H21NO3/c1-12-6-13(2)8-16(7-12)17(20)11-19-10-14-4-3-5-15(9-14)18(21)22/h3-9,17,19-20H,10-11H2,1-2H3,(H,21,22). The van der Waals surface area contributed by atoms with Gasteiger partial charge in [-0.1, -0.05) is 41.5 Å². The summed E-state index contributed by atoms with van der Waals surface area (Å²) in [4.78, 5) is 10.9. The minimum Gasteiger partial charge on any atom is -0.478 e. The van der Waals surface area contributed by atoms with E-state index in [9.17, 15) is 9.90 Å². The molecule has 0 heterocycles. The normalized spacial score (nSPS) is 12.1. The number of carbonyl (C=O) groups is 1. The third-order valence-corrected chi connectivity index (χ3v) is 3.47. The Morgan fingerprint density at radius 3 is 2.45 bits per heavy atom. The van der Waals surface area contributed by atoms with E-state index in [2.05, 4.69) is 11.4 Å². The van der Waals surface area contributed by atoms with Crippen LogP contribution in [0.2, 0.25) is 0 Å². The van der Waals surface area contributed by atoms with Crippen molar-refractivity contribution >= 4 is 5.97 Å².